The molecule has 0 heterocycles. The van der Waals surface area contributed by atoms with Crippen molar-refractivity contribution in [2.24, 2.45) is 5.84 Å². The van der Waals surface area contributed by atoms with Crippen LogP contribution < -0.4 is 11.3 Å². The number of hydrogen-bond acceptors (Lipinski definition) is 3. The average molecular weight is 180 g/mol. The van der Waals surface area contributed by atoms with Gasteiger partial charge in [0, 0.05) is 12.1 Å². The van der Waals surface area contributed by atoms with Crippen molar-refractivity contribution in [1.82, 2.24) is 0 Å². The van der Waals surface area contributed by atoms with Crippen molar-refractivity contribution in [1.29, 1.82) is 0 Å². The summed E-state index contributed by atoms with van der Waals surface area (Å²) in [6, 6.07) is 9.60. The number of ketones is 1. The number of carbonyl (C=O) groups excluding carboxylic acids is 1. The number of hydrogen-bond donors (Lipinski definition) is 2. The Balaban J connectivity index is 0.000000252. The zero-order valence-electron chi connectivity index (χ0n) is 8.08. The molecule has 0 atom stereocenters. The molecule has 0 unspecified atom stereocenters. The summed E-state index contributed by atoms with van der Waals surface area (Å²) in [6.07, 6.45) is 0.667. The van der Waals surface area contributed by atoms with Crippen LogP contribution in [0.2, 0.25) is 0 Å². The molecule has 0 saturated carbocycles. The number of anilines is 1. The van der Waals surface area contributed by atoms with E-state index in [1.165, 1.54) is 0 Å². The molecule has 0 saturated heterocycles. The van der Waals surface area contributed by atoms with Gasteiger partial charge in [0.2, 0.25) is 0 Å². The van der Waals surface area contributed by atoms with Gasteiger partial charge in [-0.25, -0.2) is 0 Å². The first-order chi connectivity index (χ1) is 6.20. The molecule has 0 aliphatic heterocycles. The van der Waals surface area contributed by atoms with Gasteiger partial charge in [-0.15, -0.1) is 0 Å². The molecular weight excluding hydrogens is 164 g/mol. The molecule has 3 nitrogen and oxygen atoms in total. The highest BCUT2D eigenvalue weighted by Crippen LogP contribution is 2.00. The minimum absolute atomic E-state index is 0.255. The highest BCUT2D eigenvalue weighted by atomic mass is 16.1. The normalized spacial score (nSPS) is 8.23. The predicted octanol–water partition coefficient (Wildman–Crippen LogP) is 1.96. The first-order valence-electron chi connectivity index (χ1n) is 4.21. The molecule has 3 N–H and O–H groups in total. The molecule has 1 aromatic rings. The molecule has 3 heteroatoms. The molecule has 0 amide bonds. The summed E-state index contributed by atoms with van der Waals surface area (Å²) in [5.41, 5.74) is 3.46. The Hall–Kier alpha value is -1.35. The Morgan fingerprint density at radius 3 is 2.08 bits per heavy atom. The van der Waals surface area contributed by atoms with E-state index < -0.39 is 0 Å². The maximum Gasteiger partial charge on any atom is 0.129 e. The van der Waals surface area contributed by atoms with E-state index >= 15 is 0 Å². The maximum absolute atomic E-state index is 9.81. The van der Waals surface area contributed by atoms with Gasteiger partial charge in [-0.05, 0) is 19.1 Å². The van der Waals surface area contributed by atoms with Crippen LogP contribution in [-0.4, -0.2) is 5.78 Å². The molecule has 0 aliphatic rings. The molecule has 0 bridgehead atoms. The van der Waals surface area contributed by atoms with Gasteiger partial charge in [0.05, 0.1) is 0 Å². The third-order valence-electron chi connectivity index (χ3n) is 1.44. The highest BCUT2D eigenvalue weighted by molar-refractivity contribution is 5.74. The zero-order valence-corrected chi connectivity index (χ0v) is 8.08. The highest BCUT2D eigenvalue weighted by Gasteiger charge is 1.78. The minimum Gasteiger partial charge on any atom is -0.324 e. The number of nitrogen functional groups attached to an aromatic ring is 1. The lowest BCUT2D eigenvalue weighted by Crippen LogP contribution is -2.05. The van der Waals surface area contributed by atoms with Gasteiger partial charge < -0.3 is 10.2 Å². The van der Waals surface area contributed by atoms with Crippen LogP contribution in [0.4, 0.5) is 5.69 Å². The second-order valence-electron chi connectivity index (χ2n) is 2.57. The number of rotatable bonds is 2. The van der Waals surface area contributed by atoms with Gasteiger partial charge in [0.25, 0.3) is 0 Å². The van der Waals surface area contributed by atoms with Gasteiger partial charge in [-0.2, -0.15) is 0 Å². The Morgan fingerprint density at radius 2 is 1.85 bits per heavy atom. The number of nitrogens with one attached hydrogen (secondary N) is 1. The second-order valence-corrected chi connectivity index (χ2v) is 2.57. The van der Waals surface area contributed by atoms with Crippen LogP contribution >= 0.6 is 0 Å². The summed E-state index contributed by atoms with van der Waals surface area (Å²) in [7, 11) is 0. The molecule has 72 valence electrons. The van der Waals surface area contributed by atoms with Crippen LogP contribution in [-0.2, 0) is 4.79 Å². The topological polar surface area (TPSA) is 55.1 Å². The van der Waals surface area contributed by atoms with E-state index in [0.29, 0.717) is 6.42 Å². The van der Waals surface area contributed by atoms with Crippen molar-refractivity contribution in [3.05, 3.63) is 30.3 Å². The predicted molar refractivity (Wildman–Crippen MR) is 55.2 cm³/mol. The third-order valence-corrected chi connectivity index (χ3v) is 1.44. The van der Waals surface area contributed by atoms with Crippen LogP contribution in [0, 0.1) is 0 Å². The van der Waals surface area contributed by atoms with E-state index in [1.54, 1.807) is 6.92 Å². The van der Waals surface area contributed by atoms with Gasteiger partial charge in [0.1, 0.15) is 5.78 Å². The molecule has 1 aromatic carbocycles. The lowest BCUT2D eigenvalue weighted by atomic mass is 10.3. The molecule has 0 fully saturated rings. The quantitative estimate of drug-likeness (QED) is 0.540. The first-order valence-corrected chi connectivity index (χ1v) is 4.21. The summed E-state index contributed by atoms with van der Waals surface area (Å²) in [6.45, 7) is 3.43. The van der Waals surface area contributed by atoms with Crippen LogP contribution in [0.1, 0.15) is 20.3 Å². The first kappa shape index (κ1) is 11.6. The summed E-state index contributed by atoms with van der Waals surface area (Å²) >= 11 is 0. The van der Waals surface area contributed by atoms with Crippen LogP contribution in [0.3, 0.4) is 0 Å². The van der Waals surface area contributed by atoms with Crippen molar-refractivity contribution in [3.63, 3.8) is 0 Å². The third kappa shape index (κ3) is 7.03. The number of nitrogens with two attached hydrogens (primary N) is 1. The monoisotopic (exact) mass is 180 g/mol. The Bertz CT molecular complexity index is 234. The van der Waals surface area contributed by atoms with Crippen LogP contribution in [0.25, 0.3) is 0 Å². The van der Waals surface area contributed by atoms with Crippen molar-refractivity contribution in [2.45, 2.75) is 20.3 Å². The largest absolute Gasteiger partial charge is 0.324 e. The van der Waals surface area contributed by atoms with Crippen LogP contribution in [0.15, 0.2) is 30.3 Å². The number of hydrazine groups is 1. The maximum atomic E-state index is 9.81. The number of carbonyl (C=O) groups is 1. The SMILES string of the molecule is CCC(C)=O.NNc1ccccc1. The van der Waals surface area contributed by atoms with E-state index in [9.17, 15) is 4.79 Å². The van der Waals surface area contributed by atoms with Gasteiger partial charge in [-0.1, -0.05) is 25.1 Å². The van der Waals surface area contributed by atoms with Crippen molar-refractivity contribution < 1.29 is 4.79 Å². The van der Waals surface area contributed by atoms with Crippen molar-refractivity contribution >= 4 is 11.5 Å². The molecule has 0 spiro atoms. The molecule has 0 radical (unpaired) electrons. The van der Waals surface area contributed by atoms with Gasteiger partial charge in [0.15, 0.2) is 0 Å². The van der Waals surface area contributed by atoms with E-state index in [2.05, 4.69) is 5.43 Å². The van der Waals surface area contributed by atoms with E-state index in [-0.39, 0.29) is 5.78 Å². The molecular formula is C10H16N2O. The van der Waals surface area contributed by atoms with E-state index in [4.69, 9.17) is 5.84 Å². The number of Topliss-reactive ketones (excluding diaryl/α,β-unsaturated/α-hetero) is 1. The fraction of sp³-hybridized carbons (Fsp3) is 0.300. The summed E-state index contributed by atoms with van der Waals surface area (Å²) in [4.78, 5) is 9.81. The molecule has 0 aromatic heterocycles. The van der Waals surface area contributed by atoms with Gasteiger partial charge >= 0.3 is 0 Å². The molecule has 13 heavy (non-hydrogen) atoms. The number of para-hydroxylation sites is 1. The Morgan fingerprint density at radius 1 is 1.38 bits per heavy atom. The average Bonchev–Trinajstić information content (AvgIpc) is 2.20. The van der Waals surface area contributed by atoms with E-state index in [0.717, 1.165) is 5.69 Å². The van der Waals surface area contributed by atoms with Gasteiger partial charge in [-0.3, -0.25) is 5.84 Å². The Labute approximate surface area is 78.9 Å². The standard InChI is InChI=1S/C6H8N2.C4H8O/c7-8-6-4-2-1-3-5-6;1-3-4(2)5/h1-5,8H,7H2;3H2,1-2H3. The fourth-order valence-electron chi connectivity index (χ4n) is 0.534. The summed E-state index contributed by atoms with van der Waals surface area (Å²) < 4.78 is 0. The van der Waals surface area contributed by atoms with Crippen molar-refractivity contribution in [3.8, 4) is 0 Å². The number of benzene rings is 1. The van der Waals surface area contributed by atoms with Crippen molar-refractivity contribution in [2.75, 3.05) is 5.43 Å². The fourth-order valence-corrected chi connectivity index (χ4v) is 0.534. The van der Waals surface area contributed by atoms with Crippen LogP contribution in [0.5, 0.6) is 0 Å². The summed E-state index contributed by atoms with van der Waals surface area (Å²) in [5.74, 6) is 5.35. The summed E-state index contributed by atoms with van der Waals surface area (Å²) in [5, 5.41) is 0. The zero-order chi connectivity index (χ0) is 10.1. The lowest BCUT2D eigenvalue weighted by Gasteiger charge is -1.94. The minimum atomic E-state index is 0.255. The Kier molecular flexibility index (Phi) is 6.55. The molecule has 1 rings (SSSR count). The smallest absolute Gasteiger partial charge is 0.129 e. The van der Waals surface area contributed by atoms with E-state index in [1.807, 2.05) is 37.3 Å². The lowest BCUT2D eigenvalue weighted by molar-refractivity contribution is -0.116. The second kappa shape index (κ2) is 7.31. The molecule has 0 aliphatic carbocycles.